The van der Waals surface area contributed by atoms with Crippen molar-refractivity contribution < 1.29 is 17.9 Å². The number of nitrogens with one attached hydrogen (secondary N) is 2. The Kier molecular flexibility index (Phi) is 8.95. The van der Waals surface area contributed by atoms with E-state index in [9.17, 15) is 13.2 Å². The Labute approximate surface area is 198 Å². The minimum absolute atomic E-state index is 0.170. The van der Waals surface area contributed by atoms with E-state index in [4.69, 9.17) is 14.9 Å². The van der Waals surface area contributed by atoms with Crippen molar-refractivity contribution in [2.45, 2.75) is 38.8 Å². The van der Waals surface area contributed by atoms with Crippen molar-refractivity contribution in [3.63, 3.8) is 0 Å². The zero-order valence-corrected chi connectivity index (χ0v) is 20.0. The standard InChI is InChI=1S/C23H28N4O4S2/c1-17-8-7-11-19(14-17)22-26-21(16-32-22)20(12-5-6-13-25-33(24,29)30)27-23(28)31-15-18-9-3-2-4-10-18/h2-4,7-11,14,16,20,25H,5-6,12-13,15H2,1H3,(H,27,28)(H2,24,29,30)/t20-/m0/s1. The van der Waals surface area contributed by atoms with Crippen molar-refractivity contribution in [2.24, 2.45) is 5.14 Å². The molecule has 176 valence electrons. The summed E-state index contributed by atoms with van der Waals surface area (Å²) in [5, 5.41) is 10.7. The number of alkyl carbamates (subject to hydrolysis) is 1. The Morgan fingerprint density at radius 2 is 1.94 bits per heavy atom. The molecule has 1 amide bonds. The third-order valence-corrected chi connectivity index (χ3v) is 6.39. The summed E-state index contributed by atoms with van der Waals surface area (Å²) >= 11 is 1.51. The maximum atomic E-state index is 12.5. The lowest BCUT2D eigenvalue weighted by molar-refractivity contribution is 0.134. The minimum atomic E-state index is -3.71. The molecule has 0 saturated carbocycles. The molecule has 0 saturated heterocycles. The van der Waals surface area contributed by atoms with Crippen molar-refractivity contribution in [3.8, 4) is 10.6 Å². The van der Waals surface area contributed by atoms with Crippen molar-refractivity contribution in [3.05, 3.63) is 76.8 Å². The predicted octanol–water partition coefficient (Wildman–Crippen LogP) is 4.05. The molecule has 0 fully saturated rings. The van der Waals surface area contributed by atoms with Gasteiger partial charge >= 0.3 is 6.09 Å². The quantitative estimate of drug-likeness (QED) is 0.351. The predicted molar refractivity (Wildman–Crippen MR) is 130 cm³/mol. The van der Waals surface area contributed by atoms with E-state index >= 15 is 0 Å². The number of thiazole rings is 1. The largest absolute Gasteiger partial charge is 0.445 e. The van der Waals surface area contributed by atoms with Crippen LogP contribution in [0.5, 0.6) is 0 Å². The van der Waals surface area contributed by atoms with Crippen LogP contribution in [0.25, 0.3) is 10.6 Å². The molecule has 1 aromatic heterocycles. The molecule has 0 spiro atoms. The van der Waals surface area contributed by atoms with Gasteiger partial charge in [-0.1, -0.05) is 54.1 Å². The zero-order chi connectivity index (χ0) is 23.7. The number of benzene rings is 2. The second-order valence-electron chi connectivity index (χ2n) is 7.64. The number of carbonyl (C=O) groups is 1. The van der Waals surface area contributed by atoms with E-state index in [1.54, 1.807) is 0 Å². The molecule has 1 heterocycles. The first-order valence-corrected chi connectivity index (χ1v) is 13.0. The number of hydrogen-bond donors (Lipinski definition) is 3. The summed E-state index contributed by atoms with van der Waals surface area (Å²) < 4.78 is 29.7. The van der Waals surface area contributed by atoms with Gasteiger partial charge in [0.05, 0.1) is 11.7 Å². The van der Waals surface area contributed by atoms with Crippen molar-refractivity contribution in [1.82, 2.24) is 15.0 Å². The lowest BCUT2D eigenvalue weighted by Gasteiger charge is -2.17. The Hall–Kier alpha value is -2.79. The van der Waals surface area contributed by atoms with Crippen molar-refractivity contribution in [2.75, 3.05) is 6.54 Å². The van der Waals surface area contributed by atoms with Gasteiger partial charge in [0.15, 0.2) is 0 Å². The Bertz CT molecular complexity index is 1150. The van der Waals surface area contributed by atoms with Gasteiger partial charge in [-0.3, -0.25) is 0 Å². The Morgan fingerprint density at radius 1 is 1.15 bits per heavy atom. The van der Waals surface area contributed by atoms with Gasteiger partial charge in [-0.2, -0.15) is 8.42 Å². The fourth-order valence-corrected chi connectivity index (χ4v) is 4.55. The number of aromatic nitrogens is 1. The van der Waals surface area contributed by atoms with Crippen LogP contribution in [-0.2, 0) is 21.6 Å². The highest BCUT2D eigenvalue weighted by Gasteiger charge is 2.19. The fraction of sp³-hybridized carbons (Fsp3) is 0.304. The van der Waals surface area contributed by atoms with Gasteiger partial charge in [-0.25, -0.2) is 19.6 Å². The maximum absolute atomic E-state index is 12.5. The highest BCUT2D eigenvalue weighted by Crippen LogP contribution is 2.29. The lowest BCUT2D eigenvalue weighted by atomic mass is 10.1. The number of amides is 1. The number of aryl methyl sites for hydroxylation is 1. The first-order chi connectivity index (χ1) is 15.8. The van der Waals surface area contributed by atoms with Crippen LogP contribution in [0.1, 0.15) is 42.1 Å². The molecule has 3 rings (SSSR count). The molecule has 0 bridgehead atoms. The van der Waals surface area contributed by atoms with Gasteiger partial charge in [0.2, 0.25) is 0 Å². The van der Waals surface area contributed by atoms with Crippen LogP contribution < -0.4 is 15.2 Å². The van der Waals surface area contributed by atoms with Crippen LogP contribution in [0.3, 0.4) is 0 Å². The highest BCUT2D eigenvalue weighted by atomic mass is 32.2. The monoisotopic (exact) mass is 488 g/mol. The van der Waals surface area contributed by atoms with Crippen molar-refractivity contribution >= 4 is 27.6 Å². The maximum Gasteiger partial charge on any atom is 0.408 e. The highest BCUT2D eigenvalue weighted by molar-refractivity contribution is 7.87. The number of hydrogen-bond acceptors (Lipinski definition) is 6. The summed E-state index contributed by atoms with van der Waals surface area (Å²) in [5.74, 6) is 0. The van der Waals surface area contributed by atoms with E-state index in [1.165, 1.54) is 11.3 Å². The van der Waals surface area contributed by atoms with Crippen LogP contribution in [0, 0.1) is 6.92 Å². The summed E-state index contributed by atoms with van der Waals surface area (Å²) in [4.78, 5) is 17.2. The minimum Gasteiger partial charge on any atom is -0.445 e. The van der Waals surface area contributed by atoms with E-state index in [2.05, 4.69) is 16.1 Å². The molecule has 10 heteroatoms. The third kappa shape index (κ3) is 8.58. The van der Waals surface area contributed by atoms with Crippen LogP contribution in [-0.4, -0.2) is 26.0 Å². The van der Waals surface area contributed by atoms with Crippen LogP contribution >= 0.6 is 11.3 Å². The molecule has 0 aliphatic carbocycles. The average molecular weight is 489 g/mol. The topological polar surface area (TPSA) is 123 Å². The molecule has 4 N–H and O–H groups in total. The third-order valence-electron chi connectivity index (χ3n) is 4.87. The van der Waals surface area contributed by atoms with E-state index in [0.717, 1.165) is 27.4 Å². The van der Waals surface area contributed by atoms with E-state index in [1.807, 2.05) is 60.8 Å². The van der Waals surface area contributed by atoms with Gasteiger partial charge in [0.25, 0.3) is 10.2 Å². The molecule has 3 aromatic rings. The number of carbonyl (C=O) groups excluding carboxylic acids is 1. The molecular formula is C23H28N4O4S2. The average Bonchev–Trinajstić information content (AvgIpc) is 3.27. The van der Waals surface area contributed by atoms with Gasteiger partial charge in [0, 0.05) is 17.5 Å². The van der Waals surface area contributed by atoms with Gasteiger partial charge in [0.1, 0.15) is 11.6 Å². The smallest absolute Gasteiger partial charge is 0.408 e. The second-order valence-corrected chi connectivity index (χ2v) is 9.88. The summed E-state index contributed by atoms with van der Waals surface area (Å²) in [6.45, 7) is 2.43. The molecule has 0 aliphatic heterocycles. The Balaban J connectivity index is 1.65. The van der Waals surface area contributed by atoms with Crippen LogP contribution in [0.4, 0.5) is 4.79 Å². The molecule has 33 heavy (non-hydrogen) atoms. The second kappa shape index (κ2) is 11.9. The van der Waals surface area contributed by atoms with Crippen molar-refractivity contribution in [1.29, 1.82) is 0 Å². The van der Waals surface area contributed by atoms with Gasteiger partial charge in [-0.15, -0.1) is 11.3 Å². The summed E-state index contributed by atoms with van der Waals surface area (Å²) in [6, 6.07) is 17.2. The number of nitrogens with two attached hydrogens (primary N) is 1. The molecule has 2 aromatic carbocycles. The summed E-state index contributed by atoms with van der Waals surface area (Å²) in [7, 11) is -3.71. The van der Waals surface area contributed by atoms with Gasteiger partial charge in [-0.05, 0) is 37.8 Å². The summed E-state index contributed by atoms with van der Waals surface area (Å²) in [5.41, 5.74) is 3.81. The van der Waals surface area contributed by atoms with E-state index in [-0.39, 0.29) is 19.2 Å². The number of unbranched alkanes of at least 4 members (excludes halogenated alkanes) is 1. The molecule has 0 unspecified atom stereocenters. The Morgan fingerprint density at radius 3 is 2.67 bits per heavy atom. The number of ether oxygens (including phenoxy) is 1. The number of nitrogens with zero attached hydrogens (tertiary/aromatic N) is 1. The molecule has 0 aliphatic rings. The molecule has 8 nitrogen and oxygen atoms in total. The molecule has 1 atom stereocenters. The first-order valence-electron chi connectivity index (χ1n) is 10.6. The van der Waals surface area contributed by atoms with Crippen LogP contribution in [0.2, 0.25) is 0 Å². The van der Waals surface area contributed by atoms with E-state index < -0.39 is 16.3 Å². The van der Waals surface area contributed by atoms with E-state index in [0.29, 0.717) is 19.3 Å². The fourth-order valence-electron chi connectivity index (χ4n) is 3.25. The number of rotatable bonds is 11. The van der Waals surface area contributed by atoms with Crippen LogP contribution in [0.15, 0.2) is 60.0 Å². The SMILES string of the molecule is Cc1cccc(-c2nc([C@H](CCCCNS(N)(=O)=O)NC(=O)OCc3ccccc3)cs2)c1. The summed E-state index contributed by atoms with van der Waals surface area (Å²) in [6.07, 6.45) is 1.27. The first kappa shape index (κ1) is 24.8. The lowest BCUT2D eigenvalue weighted by Crippen LogP contribution is -2.32. The van der Waals surface area contributed by atoms with Gasteiger partial charge < -0.3 is 10.1 Å². The molecule has 0 radical (unpaired) electrons. The zero-order valence-electron chi connectivity index (χ0n) is 18.4. The normalized spacial score (nSPS) is 12.3. The molecular weight excluding hydrogens is 460 g/mol.